The maximum Gasteiger partial charge on any atom is 0.161 e. The SMILES string of the molecule is c1ccc(-c2cc(-c3ccccc3)nc(-c3cccc4oc5ccc(-c6nc7ccccc7n6-c6ccccc6)cc5c34)n2)cc1.c1ccc(-c2ccc(-c3cc(-c4ccccc4)nc(-c4cccc5oc6ccc(-c7nc8ccccc8n7-c7ccccc7)cc6c45)n3)cc2)cc1.c1ccc(-c2cccc(-c3cc(-c4ccccc4)nc(-c4cccc5oc6ccc(-c7nc8ccccc8n7-c7ccccc7)cc6c45)n3)c2)cc1. The summed E-state index contributed by atoms with van der Waals surface area (Å²) < 4.78 is 26.1. The van der Waals surface area contributed by atoms with Crippen molar-refractivity contribution in [2.24, 2.45) is 0 Å². The molecule has 0 saturated heterocycles. The molecule has 0 fully saturated rings. The van der Waals surface area contributed by atoms with Gasteiger partial charge in [-0.15, -0.1) is 0 Å². The zero-order valence-electron chi connectivity index (χ0n) is 80.7. The number of furan rings is 3. The Morgan fingerprint density at radius 2 is 0.373 bits per heavy atom. The lowest BCUT2D eigenvalue weighted by molar-refractivity contribution is 0.668. The van der Waals surface area contributed by atoms with E-state index in [1.165, 1.54) is 5.56 Å². The zero-order chi connectivity index (χ0) is 99.3. The van der Waals surface area contributed by atoms with E-state index >= 15 is 0 Å². The van der Waals surface area contributed by atoms with Crippen LogP contribution in [-0.2, 0) is 0 Å². The Kier molecular flexibility index (Phi) is 22.6. The molecule has 0 aliphatic carbocycles. The van der Waals surface area contributed by atoms with Crippen LogP contribution in [-0.4, -0.2) is 58.6 Å². The highest BCUT2D eigenvalue weighted by Crippen LogP contribution is 2.46. The number of imidazole rings is 3. The Balaban J connectivity index is 0.000000111. The van der Waals surface area contributed by atoms with Crippen LogP contribution >= 0.6 is 0 Å². The Hall–Kier alpha value is -20.6. The molecule has 15 heteroatoms. The molecule has 0 spiro atoms. The van der Waals surface area contributed by atoms with Crippen LogP contribution in [0.25, 0.3) is 274 Å². The van der Waals surface area contributed by atoms with Gasteiger partial charge in [0.2, 0.25) is 0 Å². The van der Waals surface area contributed by atoms with Gasteiger partial charge in [-0.3, -0.25) is 13.7 Å². The molecule has 20 aromatic carbocycles. The van der Waals surface area contributed by atoms with Gasteiger partial charge in [-0.2, -0.15) is 0 Å². The maximum atomic E-state index is 6.49. The minimum absolute atomic E-state index is 0.636. The van der Waals surface area contributed by atoms with Crippen LogP contribution in [0.4, 0.5) is 0 Å². The predicted octanol–water partition coefficient (Wildman–Crippen LogP) is 34.5. The Bertz CT molecular complexity index is 10100. The molecule has 704 valence electrons. The number of nitrogens with zero attached hydrogens (tertiary/aromatic N) is 12. The third-order valence-electron chi connectivity index (χ3n) is 27.7. The van der Waals surface area contributed by atoms with Crippen LogP contribution in [0.15, 0.2) is 535 Å². The predicted molar refractivity (Wildman–Crippen MR) is 608 cm³/mol. The molecule has 0 N–H and O–H groups in total. The first-order valence-corrected chi connectivity index (χ1v) is 50.0. The lowest BCUT2D eigenvalue weighted by Crippen LogP contribution is -1.97. The zero-order valence-corrected chi connectivity index (χ0v) is 80.7. The fourth-order valence-electron chi connectivity index (χ4n) is 20.6. The highest BCUT2D eigenvalue weighted by molar-refractivity contribution is 6.16. The minimum Gasteiger partial charge on any atom is -0.456 e. The third-order valence-corrected chi connectivity index (χ3v) is 27.7. The molecule has 0 atom stereocenters. The number of benzene rings is 20. The van der Waals surface area contributed by atoms with Crippen molar-refractivity contribution in [2.75, 3.05) is 0 Å². The van der Waals surface area contributed by atoms with Crippen LogP contribution in [0.1, 0.15) is 0 Å². The van der Waals surface area contributed by atoms with Crippen LogP contribution in [0.3, 0.4) is 0 Å². The standard InChI is InChI=1S/2C47H30N4O.C41H26N4O/c1-4-14-31(15-5-1)33-18-12-19-34(28-33)41-30-40(32-16-6-2-7-17-32)48-46(49-41)37-22-13-25-44-45(37)38-29-35(26-27-43(38)52-44)47-50-39-23-10-11-24-42(39)51(47)36-20-8-3-9-21-36;1-4-13-31(14-5-1)32-23-25-34(26-24-32)41-30-40(33-15-6-2-7-16-33)48-46(49-41)37-19-12-22-44-45(37)38-29-35(27-28-43(38)52-44)47-50-39-20-10-11-21-42(39)51(47)36-17-8-3-9-18-36;1-4-13-27(14-5-1)34-26-35(28-15-6-2-7-16-28)43-40(42-34)31-19-12-22-38-39(31)32-25-29(23-24-37(32)46-38)41-44-33-20-10-11-21-36(33)45(41)30-17-8-3-9-18-30/h2*1-30H;1-26H. The van der Waals surface area contributed by atoms with Crippen molar-refractivity contribution in [1.29, 1.82) is 0 Å². The van der Waals surface area contributed by atoms with E-state index in [1.807, 2.05) is 176 Å². The fourth-order valence-corrected chi connectivity index (χ4v) is 20.6. The van der Waals surface area contributed by atoms with Gasteiger partial charge in [-0.25, -0.2) is 44.9 Å². The molecule has 0 unspecified atom stereocenters. The maximum absolute atomic E-state index is 6.49. The van der Waals surface area contributed by atoms with Gasteiger partial charge < -0.3 is 13.3 Å². The van der Waals surface area contributed by atoms with E-state index in [1.54, 1.807) is 0 Å². The van der Waals surface area contributed by atoms with Crippen molar-refractivity contribution in [3.05, 3.63) is 522 Å². The van der Waals surface area contributed by atoms with Crippen molar-refractivity contribution in [2.45, 2.75) is 0 Å². The summed E-state index contributed by atoms with van der Waals surface area (Å²) in [7, 11) is 0. The van der Waals surface area contributed by atoms with Crippen LogP contribution in [0, 0.1) is 0 Å². The molecule has 9 heterocycles. The topological polar surface area (TPSA) is 170 Å². The average Bonchev–Trinajstić information content (AvgIpc) is 1.59. The average molecular weight is 1920 g/mol. The Labute approximate surface area is 861 Å². The molecule has 0 aliphatic heterocycles. The molecule has 0 radical (unpaired) electrons. The molecule has 15 nitrogen and oxygen atoms in total. The van der Waals surface area contributed by atoms with E-state index in [-0.39, 0.29) is 0 Å². The van der Waals surface area contributed by atoms with E-state index in [2.05, 4.69) is 359 Å². The van der Waals surface area contributed by atoms with Crippen molar-refractivity contribution in [3.63, 3.8) is 0 Å². The summed E-state index contributed by atoms with van der Waals surface area (Å²) in [6.45, 7) is 0. The fraction of sp³-hybridized carbons (Fsp3) is 0. The molecular weight excluding hydrogens is 1840 g/mol. The number of hydrogen-bond acceptors (Lipinski definition) is 12. The first-order chi connectivity index (χ1) is 74.3. The second-order valence-corrected chi connectivity index (χ2v) is 37.0. The van der Waals surface area contributed by atoms with Gasteiger partial charge in [0.05, 0.1) is 67.3 Å². The van der Waals surface area contributed by atoms with Crippen molar-refractivity contribution >= 4 is 98.9 Å². The molecule has 0 aliphatic rings. The van der Waals surface area contributed by atoms with Gasteiger partial charge in [-0.1, -0.05) is 352 Å². The van der Waals surface area contributed by atoms with Crippen molar-refractivity contribution in [3.8, 4) is 175 Å². The molecular formula is C135H86N12O3. The summed E-state index contributed by atoms with van der Waals surface area (Å²) in [6.07, 6.45) is 0. The monoisotopic (exact) mass is 1920 g/mol. The smallest absolute Gasteiger partial charge is 0.161 e. The number of hydrogen-bond donors (Lipinski definition) is 0. The van der Waals surface area contributed by atoms with Gasteiger partial charge in [0.1, 0.15) is 51.0 Å². The van der Waals surface area contributed by atoms with Gasteiger partial charge in [0.15, 0.2) is 17.5 Å². The van der Waals surface area contributed by atoms with Crippen LogP contribution in [0.5, 0.6) is 0 Å². The Morgan fingerprint density at radius 3 is 0.687 bits per heavy atom. The van der Waals surface area contributed by atoms with Crippen LogP contribution in [0.2, 0.25) is 0 Å². The third kappa shape index (κ3) is 16.7. The first-order valence-electron chi connectivity index (χ1n) is 50.0. The molecule has 150 heavy (non-hydrogen) atoms. The lowest BCUT2D eigenvalue weighted by Gasteiger charge is -2.11. The van der Waals surface area contributed by atoms with Gasteiger partial charge >= 0.3 is 0 Å². The number of para-hydroxylation sites is 9. The van der Waals surface area contributed by atoms with E-state index in [0.29, 0.717) is 17.5 Å². The summed E-state index contributed by atoms with van der Waals surface area (Å²) >= 11 is 0. The molecule has 0 amide bonds. The summed E-state index contributed by atoms with van der Waals surface area (Å²) in [5.41, 5.74) is 35.5. The first kappa shape index (κ1) is 88.4. The quantitative estimate of drug-likeness (QED) is 0.0846. The van der Waals surface area contributed by atoms with E-state index in [9.17, 15) is 0 Å². The summed E-state index contributed by atoms with van der Waals surface area (Å²) in [4.78, 5) is 46.5. The van der Waals surface area contributed by atoms with Gasteiger partial charge in [-0.05, 0) is 192 Å². The molecule has 9 aromatic heterocycles. The van der Waals surface area contributed by atoms with Crippen LogP contribution < -0.4 is 0 Å². The number of rotatable bonds is 17. The Morgan fingerprint density at radius 1 is 0.147 bits per heavy atom. The van der Waals surface area contributed by atoms with Crippen molar-refractivity contribution < 1.29 is 13.3 Å². The van der Waals surface area contributed by atoms with Gasteiger partial charge in [0.25, 0.3) is 0 Å². The summed E-state index contributed by atoms with van der Waals surface area (Å²) in [6, 6.07) is 179. The molecule has 0 bridgehead atoms. The molecule has 29 rings (SSSR count). The van der Waals surface area contributed by atoms with E-state index in [0.717, 1.165) is 251 Å². The molecule has 0 saturated carbocycles. The molecule has 29 aromatic rings. The van der Waals surface area contributed by atoms with Crippen molar-refractivity contribution in [1.82, 2.24) is 58.6 Å². The normalized spacial score (nSPS) is 11.5. The van der Waals surface area contributed by atoms with Gasteiger partial charge in [0, 0.05) is 116 Å². The second kappa shape index (κ2) is 38.3. The second-order valence-electron chi connectivity index (χ2n) is 37.0. The lowest BCUT2D eigenvalue weighted by atomic mass is 10.00. The number of fused-ring (bicyclic) bond motifs is 12. The van der Waals surface area contributed by atoms with E-state index < -0.39 is 0 Å². The summed E-state index contributed by atoms with van der Waals surface area (Å²) in [5, 5.41) is 5.87. The highest BCUT2D eigenvalue weighted by atomic mass is 16.3. The van der Waals surface area contributed by atoms with E-state index in [4.69, 9.17) is 58.1 Å². The summed E-state index contributed by atoms with van der Waals surface area (Å²) in [5.74, 6) is 4.52. The minimum atomic E-state index is 0.636. The highest BCUT2D eigenvalue weighted by Gasteiger charge is 2.27. The number of aromatic nitrogens is 12. The largest absolute Gasteiger partial charge is 0.456 e.